The van der Waals surface area contributed by atoms with Gasteiger partial charge in [-0.1, -0.05) is 30.3 Å². The van der Waals surface area contributed by atoms with E-state index in [1.54, 1.807) is 6.08 Å². The number of allylic oxidation sites excluding steroid dienone is 3. The van der Waals surface area contributed by atoms with Crippen LogP contribution in [0.2, 0.25) is 0 Å². The number of epoxide rings is 1. The molecular formula is C19H22O4. The SMILES string of the molecule is CCOC1=CC(=O)/C(=C/[C@H]2O[C@@H]2COCc2ccccc2)CC1. The van der Waals surface area contributed by atoms with E-state index >= 15 is 0 Å². The molecule has 1 aromatic carbocycles. The predicted molar refractivity (Wildman–Crippen MR) is 86.8 cm³/mol. The van der Waals surface area contributed by atoms with Crippen molar-refractivity contribution >= 4 is 5.78 Å². The summed E-state index contributed by atoms with van der Waals surface area (Å²) >= 11 is 0. The fourth-order valence-electron chi connectivity index (χ4n) is 2.66. The molecule has 1 heterocycles. The Morgan fingerprint density at radius 1 is 1.26 bits per heavy atom. The van der Waals surface area contributed by atoms with Gasteiger partial charge in [0, 0.05) is 12.5 Å². The van der Waals surface area contributed by atoms with Crippen LogP contribution in [0, 0.1) is 0 Å². The second kappa shape index (κ2) is 7.57. The summed E-state index contributed by atoms with van der Waals surface area (Å²) in [7, 11) is 0. The Hall–Kier alpha value is -1.91. The molecule has 1 saturated heterocycles. The van der Waals surface area contributed by atoms with Crippen LogP contribution in [0.5, 0.6) is 0 Å². The Kier molecular flexibility index (Phi) is 5.26. The highest BCUT2D eigenvalue weighted by Crippen LogP contribution is 2.29. The Bertz CT molecular complexity index is 603. The Balaban J connectivity index is 1.43. The zero-order chi connectivity index (χ0) is 16.1. The maximum atomic E-state index is 12.0. The van der Waals surface area contributed by atoms with Crippen LogP contribution in [-0.4, -0.2) is 31.2 Å². The van der Waals surface area contributed by atoms with Crippen LogP contribution in [0.3, 0.4) is 0 Å². The summed E-state index contributed by atoms with van der Waals surface area (Å²) in [5, 5.41) is 0. The number of rotatable bonds is 7. The Morgan fingerprint density at radius 3 is 2.83 bits per heavy atom. The normalized spacial score (nSPS) is 25.3. The van der Waals surface area contributed by atoms with Gasteiger partial charge < -0.3 is 14.2 Å². The van der Waals surface area contributed by atoms with Gasteiger partial charge in [0.25, 0.3) is 0 Å². The monoisotopic (exact) mass is 314 g/mol. The molecule has 3 rings (SSSR count). The van der Waals surface area contributed by atoms with Crippen molar-refractivity contribution in [1.82, 2.24) is 0 Å². The van der Waals surface area contributed by atoms with Crippen molar-refractivity contribution in [2.45, 2.75) is 38.6 Å². The molecule has 0 radical (unpaired) electrons. The fourth-order valence-corrected chi connectivity index (χ4v) is 2.66. The van der Waals surface area contributed by atoms with E-state index < -0.39 is 0 Å². The van der Waals surface area contributed by atoms with Gasteiger partial charge in [-0.2, -0.15) is 0 Å². The van der Waals surface area contributed by atoms with Crippen LogP contribution in [0.1, 0.15) is 25.3 Å². The summed E-state index contributed by atoms with van der Waals surface area (Å²) < 4.78 is 16.6. The first-order valence-corrected chi connectivity index (χ1v) is 8.12. The highest BCUT2D eigenvalue weighted by Gasteiger charge is 2.38. The fraction of sp³-hybridized carbons (Fsp3) is 0.421. The number of ether oxygens (including phenoxy) is 3. The second-order valence-corrected chi connectivity index (χ2v) is 5.74. The molecule has 0 spiro atoms. The summed E-state index contributed by atoms with van der Waals surface area (Å²) in [6.45, 7) is 3.67. The third-order valence-corrected chi connectivity index (χ3v) is 3.96. The van der Waals surface area contributed by atoms with Crippen LogP contribution in [0.4, 0.5) is 0 Å². The van der Waals surface area contributed by atoms with Crippen LogP contribution >= 0.6 is 0 Å². The van der Waals surface area contributed by atoms with Gasteiger partial charge >= 0.3 is 0 Å². The third kappa shape index (κ3) is 4.53. The molecule has 0 aromatic heterocycles. The van der Waals surface area contributed by atoms with Crippen molar-refractivity contribution in [3.63, 3.8) is 0 Å². The molecule has 0 saturated carbocycles. The summed E-state index contributed by atoms with van der Waals surface area (Å²) in [6.07, 6.45) is 5.12. The summed E-state index contributed by atoms with van der Waals surface area (Å²) in [5.41, 5.74) is 1.98. The molecule has 0 unspecified atom stereocenters. The lowest BCUT2D eigenvalue weighted by molar-refractivity contribution is -0.112. The number of carbonyl (C=O) groups excluding carboxylic acids is 1. The van der Waals surface area contributed by atoms with Crippen molar-refractivity contribution < 1.29 is 19.0 Å². The van der Waals surface area contributed by atoms with Crippen LogP contribution in [-0.2, 0) is 25.6 Å². The Labute approximate surface area is 136 Å². The lowest BCUT2D eigenvalue weighted by Gasteiger charge is -2.14. The number of hydrogen-bond acceptors (Lipinski definition) is 4. The zero-order valence-electron chi connectivity index (χ0n) is 13.4. The van der Waals surface area contributed by atoms with E-state index in [0.717, 1.165) is 29.7 Å². The first kappa shape index (κ1) is 16.0. The van der Waals surface area contributed by atoms with Gasteiger partial charge in [-0.3, -0.25) is 4.79 Å². The molecule has 1 fully saturated rings. The first-order valence-electron chi connectivity index (χ1n) is 8.12. The van der Waals surface area contributed by atoms with E-state index in [0.29, 0.717) is 19.8 Å². The van der Waals surface area contributed by atoms with E-state index in [-0.39, 0.29) is 18.0 Å². The highest BCUT2D eigenvalue weighted by atomic mass is 16.6. The minimum atomic E-state index is 0.00627. The molecule has 23 heavy (non-hydrogen) atoms. The van der Waals surface area contributed by atoms with Gasteiger partial charge in [0.05, 0.1) is 19.8 Å². The van der Waals surface area contributed by atoms with Gasteiger partial charge in [0.1, 0.15) is 18.0 Å². The van der Waals surface area contributed by atoms with E-state index in [9.17, 15) is 4.79 Å². The zero-order valence-corrected chi connectivity index (χ0v) is 13.4. The summed E-state index contributed by atoms with van der Waals surface area (Å²) in [6, 6.07) is 10.1. The molecule has 2 atom stereocenters. The van der Waals surface area contributed by atoms with Gasteiger partial charge in [-0.25, -0.2) is 0 Å². The van der Waals surface area contributed by atoms with E-state index in [1.165, 1.54) is 0 Å². The molecule has 1 aliphatic heterocycles. The van der Waals surface area contributed by atoms with Crippen molar-refractivity contribution in [3.05, 3.63) is 59.4 Å². The quantitative estimate of drug-likeness (QED) is 0.573. The van der Waals surface area contributed by atoms with E-state index in [1.807, 2.05) is 43.3 Å². The third-order valence-electron chi connectivity index (χ3n) is 3.96. The van der Waals surface area contributed by atoms with Gasteiger partial charge in [0.15, 0.2) is 5.78 Å². The minimum absolute atomic E-state index is 0.00627. The molecule has 0 amide bonds. The first-order chi connectivity index (χ1) is 11.3. The smallest absolute Gasteiger partial charge is 0.184 e. The number of benzene rings is 1. The average molecular weight is 314 g/mol. The topological polar surface area (TPSA) is 48.1 Å². The standard InChI is InChI=1S/C19H22O4/c1-2-22-16-9-8-15(17(20)11-16)10-18-19(23-18)13-21-12-14-6-4-3-5-7-14/h3-7,10-11,18-19H,2,8-9,12-13H2,1H3/b15-10+/t18-,19-/m1/s1. The molecule has 0 N–H and O–H groups in total. The van der Waals surface area contributed by atoms with E-state index in [4.69, 9.17) is 14.2 Å². The molecule has 4 heteroatoms. The highest BCUT2D eigenvalue weighted by molar-refractivity contribution is 6.05. The lowest BCUT2D eigenvalue weighted by atomic mass is 9.97. The summed E-state index contributed by atoms with van der Waals surface area (Å²) in [4.78, 5) is 12.0. The molecule has 1 aromatic rings. The van der Waals surface area contributed by atoms with E-state index in [2.05, 4.69) is 0 Å². The number of hydrogen-bond donors (Lipinski definition) is 0. The molecule has 122 valence electrons. The predicted octanol–water partition coefficient (Wildman–Crippen LogP) is 3.18. The number of carbonyl (C=O) groups is 1. The molecule has 0 bridgehead atoms. The maximum absolute atomic E-state index is 12.0. The van der Waals surface area contributed by atoms with Crippen LogP contribution in [0.15, 0.2) is 53.8 Å². The molecule has 1 aliphatic carbocycles. The second-order valence-electron chi connectivity index (χ2n) is 5.74. The largest absolute Gasteiger partial charge is 0.498 e. The number of ketones is 1. The van der Waals surface area contributed by atoms with Crippen molar-refractivity contribution in [3.8, 4) is 0 Å². The van der Waals surface area contributed by atoms with Gasteiger partial charge in [-0.15, -0.1) is 0 Å². The minimum Gasteiger partial charge on any atom is -0.498 e. The van der Waals surface area contributed by atoms with Crippen molar-refractivity contribution in [1.29, 1.82) is 0 Å². The van der Waals surface area contributed by atoms with Gasteiger partial charge in [-0.05, 0) is 30.6 Å². The Morgan fingerprint density at radius 2 is 2.09 bits per heavy atom. The molecular weight excluding hydrogens is 292 g/mol. The molecule has 4 nitrogen and oxygen atoms in total. The van der Waals surface area contributed by atoms with Crippen LogP contribution < -0.4 is 0 Å². The summed E-state index contributed by atoms with van der Waals surface area (Å²) in [5.74, 6) is 0.827. The average Bonchev–Trinajstić information content (AvgIpc) is 3.29. The maximum Gasteiger partial charge on any atom is 0.184 e. The lowest BCUT2D eigenvalue weighted by Crippen LogP contribution is -2.11. The van der Waals surface area contributed by atoms with Crippen LogP contribution in [0.25, 0.3) is 0 Å². The van der Waals surface area contributed by atoms with Gasteiger partial charge in [0.2, 0.25) is 0 Å². The van der Waals surface area contributed by atoms with Crippen molar-refractivity contribution in [2.75, 3.05) is 13.2 Å². The molecule has 2 aliphatic rings. The van der Waals surface area contributed by atoms with Crippen molar-refractivity contribution in [2.24, 2.45) is 0 Å².